The quantitative estimate of drug-likeness (QED) is 0.757. The van der Waals surface area contributed by atoms with Crippen molar-refractivity contribution < 1.29 is 17.9 Å². The molecule has 0 radical (unpaired) electrons. The molecule has 1 aliphatic heterocycles. The van der Waals surface area contributed by atoms with Crippen LogP contribution in [0.3, 0.4) is 0 Å². The first kappa shape index (κ1) is 15.2. The highest BCUT2D eigenvalue weighted by atomic mass is 32.2. The summed E-state index contributed by atoms with van der Waals surface area (Å²) < 4.78 is 30.1. The molecule has 1 fully saturated rings. The zero-order valence-electron chi connectivity index (χ0n) is 12.0. The molecule has 2 heterocycles. The van der Waals surface area contributed by atoms with E-state index in [4.69, 9.17) is 4.74 Å². The van der Waals surface area contributed by atoms with Crippen LogP contribution in [0.2, 0.25) is 0 Å². The number of aldehydes is 1. The van der Waals surface area contributed by atoms with E-state index in [0.29, 0.717) is 24.3 Å². The van der Waals surface area contributed by atoms with Gasteiger partial charge in [0.25, 0.3) is 0 Å². The molecule has 1 aromatic rings. The molecule has 2 rings (SSSR count). The molecular formula is C13H20N2O4S. The second-order valence-corrected chi connectivity index (χ2v) is 7.91. The number of nitrogens with zero attached hydrogens (tertiary/aromatic N) is 2. The molecule has 0 N–H and O–H groups in total. The van der Waals surface area contributed by atoms with Crippen LogP contribution in [0.15, 0.2) is 6.20 Å². The molecular weight excluding hydrogens is 280 g/mol. The molecule has 0 aliphatic carbocycles. The van der Waals surface area contributed by atoms with Gasteiger partial charge in [-0.05, 0) is 13.3 Å². The van der Waals surface area contributed by atoms with Gasteiger partial charge in [-0.1, -0.05) is 6.92 Å². The molecule has 6 nitrogen and oxygen atoms in total. The fourth-order valence-electron chi connectivity index (χ4n) is 2.65. The fraction of sp³-hybridized carbons (Fsp3) is 0.692. The van der Waals surface area contributed by atoms with Crippen LogP contribution in [-0.4, -0.2) is 49.7 Å². The van der Waals surface area contributed by atoms with Crippen molar-refractivity contribution in [1.82, 2.24) is 9.78 Å². The van der Waals surface area contributed by atoms with E-state index in [2.05, 4.69) is 5.10 Å². The predicted molar refractivity (Wildman–Crippen MR) is 74.8 cm³/mol. The highest BCUT2D eigenvalue weighted by Crippen LogP contribution is 2.31. The Morgan fingerprint density at radius 1 is 1.60 bits per heavy atom. The molecule has 0 spiro atoms. The lowest BCUT2D eigenvalue weighted by atomic mass is 10.0. The molecule has 2 unspecified atom stereocenters. The zero-order chi connectivity index (χ0) is 15.0. The number of aromatic nitrogens is 2. The van der Waals surface area contributed by atoms with Gasteiger partial charge in [0.05, 0.1) is 34.9 Å². The number of sulfone groups is 1. The third-order valence-electron chi connectivity index (χ3n) is 3.82. The summed E-state index contributed by atoms with van der Waals surface area (Å²) in [6.45, 7) is 4.26. The van der Waals surface area contributed by atoms with Crippen molar-refractivity contribution in [2.45, 2.75) is 31.7 Å². The molecule has 0 aromatic carbocycles. The van der Waals surface area contributed by atoms with E-state index in [-0.39, 0.29) is 17.4 Å². The van der Waals surface area contributed by atoms with Crippen molar-refractivity contribution in [3.05, 3.63) is 17.5 Å². The maximum absolute atomic E-state index is 11.7. The van der Waals surface area contributed by atoms with E-state index in [1.807, 2.05) is 13.8 Å². The molecule has 2 atom stereocenters. The van der Waals surface area contributed by atoms with Gasteiger partial charge in [-0.2, -0.15) is 5.10 Å². The summed E-state index contributed by atoms with van der Waals surface area (Å²) in [6.07, 6.45) is 2.93. The van der Waals surface area contributed by atoms with E-state index in [1.165, 1.54) is 0 Å². The van der Waals surface area contributed by atoms with Crippen LogP contribution < -0.4 is 0 Å². The van der Waals surface area contributed by atoms with Crippen LogP contribution in [0.25, 0.3) is 0 Å². The molecule has 0 saturated carbocycles. The first-order valence-corrected chi connectivity index (χ1v) is 8.38. The zero-order valence-corrected chi connectivity index (χ0v) is 12.8. The first-order chi connectivity index (χ1) is 9.31. The van der Waals surface area contributed by atoms with Crippen LogP contribution in [0.4, 0.5) is 0 Å². The maximum Gasteiger partial charge on any atom is 0.153 e. The Bertz CT molecular complexity index is 608. The van der Waals surface area contributed by atoms with Gasteiger partial charge in [-0.3, -0.25) is 9.48 Å². The average Bonchev–Trinajstić information content (AvgIpc) is 2.92. The smallest absolute Gasteiger partial charge is 0.153 e. The Labute approximate surface area is 119 Å². The number of rotatable bonds is 5. The summed E-state index contributed by atoms with van der Waals surface area (Å²) in [5, 5.41) is 4.46. The second-order valence-electron chi connectivity index (χ2n) is 5.73. The molecule has 1 aliphatic rings. The average molecular weight is 300 g/mol. The molecule has 0 amide bonds. The summed E-state index contributed by atoms with van der Waals surface area (Å²) in [6, 6.07) is 0. The van der Waals surface area contributed by atoms with Crippen LogP contribution in [0.1, 0.15) is 42.2 Å². The van der Waals surface area contributed by atoms with Crippen LogP contribution in [0, 0.1) is 0 Å². The Morgan fingerprint density at radius 2 is 2.30 bits per heavy atom. The minimum absolute atomic E-state index is 0.0111. The number of carbonyl (C=O) groups is 1. The van der Waals surface area contributed by atoms with Gasteiger partial charge in [0.2, 0.25) is 0 Å². The van der Waals surface area contributed by atoms with E-state index < -0.39 is 15.4 Å². The minimum atomic E-state index is -3.02. The topological polar surface area (TPSA) is 78.3 Å². The van der Waals surface area contributed by atoms with Crippen LogP contribution in [0.5, 0.6) is 0 Å². The number of hydrogen-bond donors (Lipinski definition) is 0. The molecule has 1 aromatic heterocycles. The minimum Gasteiger partial charge on any atom is -0.384 e. The lowest BCUT2D eigenvalue weighted by molar-refractivity contribution is 0.112. The number of methoxy groups -OCH3 is 1. The third-order valence-corrected chi connectivity index (χ3v) is 5.71. The summed E-state index contributed by atoms with van der Waals surface area (Å²) in [7, 11) is -1.42. The molecule has 112 valence electrons. The van der Waals surface area contributed by atoms with Gasteiger partial charge in [0, 0.05) is 19.2 Å². The highest BCUT2D eigenvalue weighted by Gasteiger charge is 2.41. The molecule has 1 saturated heterocycles. The fourth-order valence-corrected chi connectivity index (χ4v) is 4.77. The lowest BCUT2D eigenvalue weighted by Gasteiger charge is -2.22. The Hall–Kier alpha value is -1.21. The first-order valence-electron chi connectivity index (χ1n) is 6.56. The van der Waals surface area contributed by atoms with Gasteiger partial charge in [0.1, 0.15) is 0 Å². The monoisotopic (exact) mass is 300 g/mol. The Morgan fingerprint density at radius 3 is 2.80 bits per heavy atom. The predicted octanol–water partition coefficient (Wildman–Crippen LogP) is 0.979. The van der Waals surface area contributed by atoms with Crippen molar-refractivity contribution in [3.8, 4) is 0 Å². The van der Waals surface area contributed by atoms with E-state index in [1.54, 1.807) is 18.0 Å². The number of carbonyl (C=O) groups excluding carboxylic acids is 1. The normalized spacial score (nSPS) is 26.6. The maximum atomic E-state index is 11.7. The summed E-state index contributed by atoms with van der Waals surface area (Å²) in [4.78, 5) is 11.2. The van der Waals surface area contributed by atoms with E-state index in [9.17, 15) is 13.2 Å². The summed E-state index contributed by atoms with van der Waals surface area (Å²) in [5.74, 6) is 0.226. The van der Waals surface area contributed by atoms with Crippen molar-refractivity contribution in [3.63, 3.8) is 0 Å². The number of ether oxygens (including phenoxy) is 1. The molecule has 0 bridgehead atoms. The largest absolute Gasteiger partial charge is 0.384 e. The summed E-state index contributed by atoms with van der Waals surface area (Å²) in [5.41, 5.74) is 0.592. The Balaban J connectivity index is 2.37. The third kappa shape index (κ3) is 2.78. The molecule has 20 heavy (non-hydrogen) atoms. The van der Waals surface area contributed by atoms with E-state index in [0.717, 1.165) is 6.29 Å². The summed E-state index contributed by atoms with van der Waals surface area (Å²) >= 11 is 0. The second kappa shape index (κ2) is 5.29. The van der Waals surface area contributed by atoms with Crippen molar-refractivity contribution in [2.24, 2.45) is 0 Å². The van der Waals surface area contributed by atoms with Crippen LogP contribution in [-0.2, 0) is 20.1 Å². The number of hydrogen-bond acceptors (Lipinski definition) is 5. The van der Waals surface area contributed by atoms with Crippen molar-refractivity contribution in [1.29, 1.82) is 0 Å². The van der Waals surface area contributed by atoms with Crippen molar-refractivity contribution >= 4 is 16.1 Å². The van der Waals surface area contributed by atoms with E-state index >= 15 is 0 Å². The van der Waals surface area contributed by atoms with Crippen molar-refractivity contribution in [2.75, 3.05) is 25.2 Å². The van der Waals surface area contributed by atoms with Gasteiger partial charge in [-0.15, -0.1) is 0 Å². The van der Waals surface area contributed by atoms with Gasteiger partial charge in [-0.25, -0.2) is 8.42 Å². The standard InChI is InChI=1S/C13H20N2O4S/c1-10(8-19-3)12-11(7-16)6-15(14-12)13(2)4-5-20(17,18)9-13/h6-7,10H,4-5,8-9H2,1-3H3. The highest BCUT2D eigenvalue weighted by molar-refractivity contribution is 7.91. The Kier molecular flexibility index (Phi) is 4.02. The molecule has 7 heteroatoms. The van der Waals surface area contributed by atoms with Gasteiger partial charge >= 0.3 is 0 Å². The van der Waals surface area contributed by atoms with Crippen LogP contribution >= 0.6 is 0 Å². The van der Waals surface area contributed by atoms with Gasteiger partial charge < -0.3 is 4.74 Å². The SMILES string of the molecule is COCC(C)c1nn(C2(C)CCS(=O)(=O)C2)cc1C=O. The van der Waals surface area contributed by atoms with Gasteiger partial charge in [0.15, 0.2) is 16.1 Å². The lowest BCUT2D eigenvalue weighted by Crippen LogP contribution is -2.32.